The highest BCUT2D eigenvalue weighted by Gasteiger charge is 2.49. The SMILES string of the molecule is N#CO[C@@H]1CO[C@H]2[C@@H]1OC[C@@H]2N=C=O. The zero-order valence-electron chi connectivity index (χ0n) is 7.25. The number of isocyanates is 1. The number of carbonyl (C=O) groups excluding carboxylic acids is 1. The van der Waals surface area contributed by atoms with Crippen molar-refractivity contribution in [3.8, 4) is 6.26 Å². The Bertz CT molecular complexity index is 307. The molecule has 4 atom stereocenters. The van der Waals surface area contributed by atoms with Gasteiger partial charge in [-0.15, -0.1) is 0 Å². The third-order valence-electron chi connectivity index (χ3n) is 2.40. The number of nitriles is 1. The van der Waals surface area contributed by atoms with Gasteiger partial charge in [0.25, 0.3) is 6.26 Å². The zero-order valence-corrected chi connectivity index (χ0v) is 7.25. The number of hydrogen-bond donors (Lipinski definition) is 0. The number of ether oxygens (including phenoxy) is 3. The van der Waals surface area contributed by atoms with E-state index in [1.54, 1.807) is 6.26 Å². The van der Waals surface area contributed by atoms with E-state index in [4.69, 9.17) is 19.5 Å². The van der Waals surface area contributed by atoms with Crippen molar-refractivity contribution in [2.45, 2.75) is 24.4 Å². The molecular weight excluding hydrogens is 188 g/mol. The Hall–Kier alpha value is -1.41. The fraction of sp³-hybridized carbons (Fsp3) is 0.750. The molecule has 6 heteroatoms. The predicted molar refractivity (Wildman–Crippen MR) is 41.9 cm³/mol. The monoisotopic (exact) mass is 196 g/mol. The van der Waals surface area contributed by atoms with Crippen LogP contribution in [0.3, 0.4) is 0 Å². The number of aliphatic imine (C=N–C) groups is 1. The molecule has 0 saturated carbocycles. The Labute approximate surface area is 80.1 Å². The Morgan fingerprint density at radius 1 is 1.36 bits per heavy atom. The van der Waals surface area contributed by atoms with Crippen LogP contribution in [0.4, 0.5) is 0 Å². The molecule has 14 heavy (non-hydrogen) atoms. The summed E-state index contributed by atoms with van der Waals surface area (Å²) in [6.45, 7) is 0.615. The first kappa shape index (κ1) is 9.16. The van der Waals surface area contributed by atoms with Crippen molar-refractivity contribution in [1.82, 2.24) is 0 Å². The van der Waals surface area contributed by atoms with Gasteiger partial charge in [-0.05, 0) is 0 Å². The molecule has 2 heterocycles. The molecule has 0 aromatic rings. The minimum atomic E-state index is -0.378. The normalized spacial score (nSPS) is 39.6. The van der Waals surface area contributed by atoms with Crippen LogP contribution in [0.25, 0.3) is 0 Å². The van der Waals surface area contributed by atoms with E-state index in [-0.39, 0.29) is 24.4 Å². The Morgan fingerprint density at radius 3 is 2.86 bits per heavy atom. The molecule has 2 saturated heterocycles. The van der Waals surface area contributed by atoms with Gasteiger partial charge in [-0.2, -0.15) is 10.3 Å². The largest absolute Gasteiger partial charge is 0.419 e. The van der Waals surface area contributed by atoms with Crippen LogP contribution < -0.4 is 0 Å². The Morgan fingerprint density at radius 2 is 2.14 bits per heavy atom. The van der Waals surface area contributed by atoms with E-state index in [1.807, 2.05) is 0 Å². The number of rotatable bonds is 2. The van der Waals surface area contributed by atoms with Crippen LogP contribution in [-0.2, 0) is 19.0 Å². The maximum atomic E-state index is 10.1. The topological polar surface area (TPSA) is 80.9 Å². The molecule has 0 bridgehead atoms. The first-order valence-corrected chi connectivity index (χ1v) is 4.21. The third kappa shape index (κ3) is 1.38. The smallest absolute Gasteiger partial charge is 0.286 e. The second kappa shape index (κ2) is 3.76. The minimum absolute atomic E-state index is 0.283. The molecule has 0 unspecified atom stereocenters. The summed E-state index contributed by atoms with van der Waals surface area (Å²) in [6, 6.07) is -0.315. The average Bonchev–Trinajstić information content (AvgIpc) is 2.72. The van der Waals surface area contributed by atoms with Gasteiger partial charge < -0.3 is 14.2 Å². The zero-order chi connectivity index (χ0) is 9.97. The van der Waals surface area contributed by atoms with E-state index in [2.05, 4.69) is 4.99 Å². The number of fused-ring (bicyclic) bond motifs is 1. The highest BCUT2D eigenvalue weighted by molar-refractivity contribution is 5.34. The van der Waals surface area contributed by atoms with Crippen LogP contribution in [0.2, 0.25) is 0 Å². The van der Waals surface area contributed by atoms with Crippen molar-refractivity contribution < 1.29 is 19.0 Å². The lowest BCUT2D eigenvalue weighted by Gasteiger charge is -2.11. The number of nitrogens with zero attached hydrogens (tertiary/aromatic N) is 2. The molecular formula is C8H8N2O4. The lowest BCUT2D eigenvalue weighted by Crippen LogP contribution is -2.31. The van der Waals surface area contributed by atoms with Crippen LogP contribution in [-0.4, -0.2) is 43.6 Å². The summed E-state index contributed by atoms with van der Waals surface area (Å²) < 4.78 is 15.4. The van der Waals surface area contributed by atoms with Crippen molar-refractivity contribution in [2.75, 3.05) is 13.2 Å². The molecule has 0 spiro atoms. The van der Waals surface area contributed by atoms with Crippen LogP contribution in [0, 0.1) is 11.5 Å². The lowest BCUT2D eigenvalue weighted by molar-refractivity contribution is 0.0160. The fourth-order valence-corrected chi connectivity index (χ4v) is 1.79. The predicted octanol–water partition coefficient (Wildman–Crippen LogP) is -0.645. The summed E-state index contributed by atoms with van der Waals surface area (Å²) in [5, 5.41) is 8.35. The second-order valence-corrected chi connectivity index (χ2v) is 3.13. The molecule has 0 amide bonds. The molecule has 2 aliphatic rings. The fourth-order valence-electron chi connectivity index (χ4n) is 1.79. The second-order valence-electron chi connectivity index (χ2n) is 3.13. The molecule has 0 N–H and O–H groups in total. The van der Waals surface area contributed by atoms with Crippen LogP contribution >= 0.6 is 0 Å². The molecule has 6 nitrogen and oxygen atoms in total. The molecule has 2 fully saturated rings. The van der Waals surface area contributed by atoms with Crippen molar-refractivity contribution >= 4 is 6.08 Å². The van der Waals surface area contributed by atoms with Gasteiger partial charge in [0, 0.05) is 0 Å². The van der Waals surface area contributed by atoms with Crippen LogP contribution in [0.15, 0.2) is 4.99 Å². The average molecular weight is 196 g/mol. The summed E-state index contributed by atoms with van der Waals surface area (Å²) in [5.41, 5.74) is 0. The van der Waals surface area contributed by atoms with E-state index in [1.165, 1.54) is 6.08 Å². The van der Waals surface area contributed by atoms with E-state index >= 15 is 0 Å². The first-order chi connectivity index (χ1) is 6.86. The highest BCUT2D eigenvalue weighted by Crippen LogP contribution is 2.29. The van der Waals surface area contributed by atoms with Crippen molar-refractivity contribution in [1.29, 1.82) is 5.26 Å². The summed E-state index contributed by atoms with van der Waals surface area (Å²) in [7, 11) is 0. The van der Waals surface area contributed by atoms with Crippen LogP contribution in [0.5, 0.6) is 0 Å². The molecule has 2 rings (SSSR count). The molecule has 0 aliphatic carbocycles. The maximum absolute atomic E-state index is 10.1. The van der Waals surface area contributed by atoms with Gasteiger partial charge in [0.15, 0.2) is 6.10 Å². The lowest BCUT2D eigenvalue weighted by atomic mass is 10.1. The Balaban J connectivity index is 2.04. The van der Waals surface area contributed by atoms with Crippen molar-refractivity contribution in [3.05, 3.63) is 0 Å². The van der Waals surface area contributed by atoms with Crippen LogP contribution in [0.1, 0.15) is 0 Å². The van der Waals surface area contributed by atoms with Gasteiger partial charge in [0.2, 0.25) is 6.08 Å². The summed E-state index contributed by atoms with van der Waals surface area (Å²) in [6.07, 6.45) is 2.12. The van der Waals surface area contributed by atoms with Gasteiger partial charge in [0.1, 0.15) is 18.2 Å². The standard InChI is InChI=1S/C8H8N2O4/c9-3-14-6-2-13-7-5(10-4-11)1-12-8(6)7/h5-8H,1-2H2/t5-,6+,7+,8+/m0/s1. The minimum Gasteiger partial charge on any atom is -0.419 e. The van der Waals surface area contributed by atoms with Gasteiger partial charge in [-0.1, -0.05) is 0 Å². The quantitative estimate of drug-likeness (QED) is 0.333. The third-order valence-corrected chi connectivity index (χ3v) is 2.40. The van der Waals surface area contributed by atoms with Crippen molar-refractivity contribution in [2.24, 2.45) is 4.99 Å². The summed E-state index contributed by atoms with van der Waals surface area (Å²) in [5.74, 6) is 0. The van der Waals surface area contributed by atoms with E-state index in [9.17, 15) is 4.79 Å². The summed E-state index contributed by atoms with van der Waals surface area (Å²) in [4.78, 5) is 13.6. The van der Waals surface area contributed by atoms with E-state index in [0.29, 0.717) is 13.2 Å². The first-order valence-electron chi connectivity index (χ1n) is 4.21. The molecule has 0 aromatic heterocycles. The van der Waals surface area contributed by atoms with Gasteiger partial charge in [-0.25, -0.2) is 4.79 Å². The molecule has 0 aromatic carbocycles. The van der Waals surface area contributed by atoms with Gasteiger partial charge >= 0.3 is 0 Å². The Kier molecular flexibility index (Phi) is 2.46. The van der Waals surface area contributed by atoms with Gasteiger partial charge in [0.05, 0.1) is 13.2 Å². The summed E-state index contributed by atoms with van der Waals surface area (Å²) >= 11 is 0. The van der Waals surface area contributed by atoms with Crippen molar-refractivity contribution in [3.63, 3.8) is 0 Å². The number of hydrogen-bond acceptors (Lipinski definition) is 6. The van der Waals surface area contributed by atoms with E-state index < -0.39 is 0 Å². The molecule has 74 valence electrons. The van der Waals surface area contributed by atoms with E-state index in [0.717, 1.165) is 0 Å². The van der Waals surface area contributed by atoms with Gasteiger partial charge in [-0.3, -0.25) is 0 Å². The molecule has 2 aliphatic heterocycles. The highest BCUT2D eigenvalue weighted by atomic mass is 16.6. The molecule has 0 radical (unpaired) electrons. The maximum Gasteiger partial charge on any atom is 0.286 e.